The van der Waals surface area contributed by atoms with Crippen molar-refractivity contribution < 1.29 is 9.53 Å². The molecule has 0 saturated carbocycles. The minimum atomic E-state index is -0.129. The van der Waals surface area contributed by atoms with Gasteiger partial charge in [0.15, 0.2) is 11.6 Å². The van der Waals surface area contributed by atoms with E-state index in [4.69, 9.17) is 4.74 Å². The van der Waals surface area contributed by atoms with Crippen molar-refractivity contribution in [1.29, 1.82) is 0 Å². The molecule has 4 nitrogen and oxygen atoms in total. The van der Waals surface area contributed by atoms with Crippen LogP contribution in [0.1, 0.15) is 28.8 Å². The monoisotopic (exact) mass is 256 g/mol. The van der Waals surface area contributed by atoms with Crippen molar-refractivity contribution >= 4 is 5.78 Å². The van der Waals surface area contributed by atoms with Crippen molar-refractivity contribution in [1.82, 2.24) is 9.97 Å². The highest BCUT2D eigenvalue weighted by Gasteiger charge is 2.09. The zero-order chi connectivity index (χ0) is 14.0. The van der Waals surface area contributed by atoms with E-state index in [2.05, 4.69) is 9.97 Å². The van der Waals surface area contributed by atoms with Gasteiger partial charge in [-0.1, -0.05) is 0 Å². The van der Waals surface area contributed by atoms with Crippen LogP contribution in [0.2, 0.25) is 0 Å². The number of hydrogen-bond acceptors (Lipinski definition) is 4. The largest absolute Gasteiger partial charge is 0.496 e. The fourth-order valence-corrected chi connectivity index (χ4v) is 1.91. The van der Waals surface area contributed by atoms with Gasteiger partial charge in [-0.2, -0.15) is 0 Å². The Kier molecular flexibility index (Phi) is 3.60. The van der Waals surface area contributed by atoms with E-state index < -0.39 is 0 Å². The van der Waals surface area contributed by atoms with Gasteiger partial charge in [-0.25, -0.2) is 9.97 Å². The fraction of sp³-hybridized carbons (Fsp3) is 0.267. The standard InChI is InChI=1S/C15H16N2O2/c1-9-7-12(5-6-14(9)19-4)13-8-10(2)16-15(17-13)11(3)18/h5-8H,1-4H3. The van der Waals surface area contributed by atoms with Crippen LogP contribution in [-0.4, -0.2) is 22.9 Å². The number of benzene rings is 1. The summed E-state index contributed by atoms with van der Waals surface area (Å²) in [6, 6.07) is 7.69. The van der Waals surface area contributed by atoms with Crippen LogP contribution >= 0.6 is 0 Å². The van der Waals surface area contributed by atoms with E-state index in [1.165, 1.54) is 6.92 Å². The van der Waals surface area contributed by atoms with Gasteiger partial charge in [0.2, 0.25) is 0 Å². The van der Waals surface area contributed by atoms with Crippen LogP contribution in [0, 0.1) is 13.8 Å². The summed E-state index contributed by atoms with van der Waals surface area (Å²) in [5, 5.41) is 0. The molecular formula is C15H16N2O2. The lowest BCUT2D eigenvalue weighted by Gasteiger charge is -2.08. The van der Waals surface area contributed by atoms with Crippen LogP contribution in [0.25, 0.3) is 11.3 Å². The van der Waals surface area contributed by atoms with Crippen molar-refractivity contribution in [2.45, 2.75) is 20.8 Å². The molecule has 2 aromatic rings. The highest BCUT2D eigenvalue weighted by atomic mass is 16.5. The van der Waals surface area contributed by atoms with Crippen LogP contribution in [0.15, 0.2) is 24.3 Å². The van der Waals surface area contributed by atoms with Crippen LogP contribution in [0.4, 0.5) is 0 Å². The van der Waals surface area contributed by atoms with Crippen LogP contribution in [0.5, 0.6) is 5.75 Å². The number of rotatable bonds is 3. The van der Waals surface area contributed by atoms with E-state index in [1.54, 1.807) is 7.11 Å². The first-order valence-electron chi connectivity index (χ1n) is 6.03. The summed E-state index contributed by atoms with van der Waals surface area (Å²) >= 11 is 0. The maximum Gasteiger partial charge on any atom is 0.196 e. The highest BCUT2D eigenvalue weighted by Crippen LogP contribution is 2.25. The second-order valence-corrected chi connectivity index (χ2v) is 4.46. The molecular weight excluding hydrogens is 240 g/mol. The van der Waals surface area contributed by atoms with Gasteiger partial charge in [-0.05, 0) is 43.7 Å². The molecule has 1 heterocycles. The molecule has 0 fully saturated rings. The van der Waals surface area contributed by atoms with E-state index in [0.29, 0.717) is 0 Å². The predicted octanol–water partition coefficient (Wildman–Crippen LogP) is 2.97. The van der Waals surface area contributed by atoms with Crippen LogP contribution in [-0.2, 0) is 0 Å². The molecule has 0 radical (unpaired) electrons. The number of carbonyl (C=O) groups excluding carboxylic acids is 1. The molecule has 0 saturated heterocycles. The third-order valence-electron chi connectivity index (χ3n) is 2.86. The lowest BCUT2D eigenvalue weighted by atomic mass is 10.1. The number of aryl methyl sites for hydroxylation is 2. The molecule has 0 spiro atoms. The molecule has 1 aromatic carbocycles. The fourth-order valence-electron chi connectivity index (χ4n) is 1.91. The Hall–Kier alpha value is -2.23. The van der Waals surface area contributed by atoms with Gasteiger partial charge < -0.3 is 4.74 Å². The molecule has 0 atom stereocenters. The topological polar surface area (TPSA) is 52.1 Å². The van der Waals surface area contributed by atoms with E-state index in [1.807, 2.05) is 38.1 Å². The third kappa shape index (κ3) is 2.78. The van der Waals surface area contributed by atoms with Crippen molar-refractivity contribution in [2.24, 2.45) is 0 Å². The van der Waals surface area contributed by atoms with Gasteiger partial charge >= 0.3 is 0 Å². The SMILES string of the molecule is COc1ccc(-c2cc(C)nc(C(C)=O)n2)cc1C. The molecule has 0 aliphatic carbocycles. The number of carbonyl (C=O) groups is 1. The molecule has 4 heteroatoms. The summed E-state index contributed by atoms with van der Waals surface area (Å²) in [5.41, 5.74) is 3.51. The molecule has 0 aliphatic heterocycles. The maximum atomic E-state index is 11.4. The van der Waals surface area contributed by atoms with Gasteiger partial charge in [-0.15, -0.1) is 0 Å². The number of Topliss-reactive ketones (excluding diaryl/α,β-unsaturated/α-hetero) is 1. The summed E-state index contributed by atoms with van der Waals surface area (Å²) in [6.45, 7) is 5.30. The zero-order valence-corrected chi connectivity index (χ0v) is 11.5. The van der Waals surface area contributed by atoms with Crippen molar-refractivity contribution in [2.75, 3.05) is 7.11 Å². The summed E-state index contributed by atoms with van der Waals surface area (Å²) < 4.78 is 5.23. The summed E-state index contributed by atoms with van der Waals surface area (Å²) in [4.78, 5) is 19.8. The van der Waals surface area contributed by atoms with Gasteiger partial charge in [0.1, 0.15) is 5.75 Å². The molecule has 0 N–H and O–H groups in total. The van der Waals surface area contributed by atoms with Crippen molar-refractivity contribution in [3.63, 3.8) is 0 Å². The molecule has 0 aliphatic rings. The quantitative estimate of drug-likeness (QED) is 0.792. The number of methoxy groups -OCH3 is 1. The Morgan fingerprint density at radius 3 is 2.47 bits per heavy atom. The van der Waals surface area contributed by atoms with E-state index in [-0.39, 0.29) is 11.6 Å². The number of nitrogens with zero attached hydrogens (tertiary/aromatic N) is 2. The van der Waals surface area contributed by atoms with Gasteiger partial charge in [0, 0.05) is 18.2 Å². The van der Waals surface area contributed by atoms with Crippen molar-refractivity contribution in [3.05, 3.63) is 41.3 Å². The zero-order valence-electron chi connectivity index (χ0n) is 11.5. The first-order chi connectivity index (χ1) is 9.01. The van der Waals surface area contributed by atoms with Gasteiger partial charge in [0.05, 0.1) is 12.8 Å². The van der Waals surface area contributed by atoms with Crippen LogP contribution < -0.4 is 4.74 Å². The average Bonchev–Trinajstić information content (AvgIpc) is 2.37. The second-order valence-electron chi connectivity index (χ2n) is 4.46. The second kappa shape index (κ2) is 5.18. The number of ether oxygens (including phenoxy) is 1. The number of aromatic nitrogens is 2. The Labute approximate surface area is 112 Å². The summed E-state index contributed by atoms with van der Waals surface area (Å²) in [6.07, 6.45) is 0. The molecule has 2 rings (SSSR count). The van der Waals surface area contributed by atoms with Gasteiger partial charge in [0.25, 0.3) is 0 Å². The highest BCUT2D eigenvalue weighted by molar-refractivity contribution is 5.90. The molecule has 98 valence electrons. The molecule has 1 aromatic heterocycles. The normalized spacial score (nSPS) is 10.3. The van der Waals surface area contributed by atoms with E-state index in [0.717, 1.165) is 28.3 Å². The minimum Gasteiger partial charge on any atom is -0.496 e. The smallest absolute Gasteiger partial charge is 0.196 e. The molecule has 0 unspecified atom stereocenters. The molecule has 0 bridgehead atoms. The minimum absolute atomic E-state index is 0.129. The third-order valence-corrected chi connectivity index (χ3v) is 2.86. The predicted molar refractivity (Wildman–Crippen MR) is 73.5 cm³/mol. The Morgan fingerprint density at radius 1 is 1.16 bits per heavy atom. The Morgan fingerprint density at radius 2 is 1.89 bits per heavy atom. The van der Waals surface area contributed by atoms with Gasteiger partial charge in [-0.3, -0.25) is 4.79 Å². The summed E-state index contributed by atoms with van der Waals surface area (Å²) in [7, 11) is 1.64. The summed E-state index contributed by atoms with van der Waals surface area (Å²) in [5.74, 6) is 0.958. The first-order valence-corrected chi connectivity index (χ1v) is 6.03. The van der Waals surface area contributed by atoms with E-state index in [9.17, 15) is 4.79 Å². The first kappa shape index (κ1) is 13.2. The maximum absolute atomic E-state index is 11.4. The Bertz CT molecular complexity index is 636. The number of ketones is 1. The Balaban J connectivity index is 2.52. The number of hydrogen-bond donors (Lipinski definition) is 0. The van der Waals surface area contributed by atoms with Crippen LogP contribution in [0.3, 0.4) is 0 Å². The molecule has 19 heavy (non-hydrogen) atoms. The lowest BCUT2D eigenvalue weighted by molar-refractivity contribution is 0.100. The van der Waals surface area contributed by atoms with E-state index >= 15 is 0 Å². The molecule has 0 amide bonds. The van der Waals surface area contributed by atoms with Crippen molar-refractivity contribution in [3.8, 4) is 17.0 Å². The lowest BCUT2D eigenvalue weighted by Crippen LogP contribution is -2.03. The average molecular weight is 256 g/mol.